The highest BCUT2D eigenvalue weighted by molar-refractivity contribution is 9.10. The molecule has 2 N–H and O–H groups in total. The lowest BCUT2D eigenvalue weighted by molar-refractivity contribution is 0.102. The molecule has 0 spiro atoms. The number of hydrogen-bond donors (Lipinski definition) is 2. The standard InChI is InChI=1S/C19H16BrN3O/c1-13-6-2-4-8-17(13)23-19(24)14-10-15(12-21-11-14)22-18-9-5-3-7-16(18)20/h2-12,22H,1H3,(H,23,24). The van der Waals surface area contributed by atoms with E-state index < -0.39 is 0 Å². The number of halogens is 1. The molecule has 5 heteroatoms. The number of nitrogens with one attached hydrogen (secondary N) is 2. The Morgan fingerprint density at radius 3 is 2.46 bits per heavy atom. The SMILES string of the molecule is Cc1ccccc1NC(=O)c1cncc(Nc2ccccc2Br)c1. The second-order valence-corrected chi connectivity index (χ2v) is 6.19. The third-order valence-electron chi connectivity index (χ3n) is 3.55. The van der Waals surface area contributed by atoms with Gasteiger partial charge in [0.2, 0.25) is 0 Å². The Morgan fingerprint density at radius 1 is 1.00 bits per heavy atom. The molecule has 0 radical (unpaired) electrons. The van der Waals surface area contributed by atoms with Crippen LogP contribution in [0.25, 0.3) is 0 Å². The Bertz CT molecular complexity index is 880. The number of para-hydroxylation sites is 2. The van der Waals surface area contributed by atoms with Gasteiger partial charge in [-0.3, -0.25) is 9.78 Å². The Labute approximate surface area is 149 Å². The molecule has 0 saturated heterocycles. The molecule has 0 unspecified atom stereocenters. The van der Waals surface area contributed by atoms with Gasteiger partial charge in [0.15, 0.2) is 0 Å². The molecule has 0 bridgehead atoms. The molecule has 120 valence electrons. The van der Waals surface area contributed by atoms with Gasteiger partial charge < -0.3 is 10.6 Å². The monoisotopic (exact) mass is 381 g/mol. The van der Waals surface area contributed by atoms with Crippen molar-refractivity contribution in [1.82, 2.24) is 4.98 Å². The summed E-state index contributed by atoms with van der Waals surface area (Å²) in [5.74, 6) is -0.187. The Hall–Kier alpha value is -2.66. The fraction of sp³-hybridized carbons (Fsp3) is 0.0526. The molecule has 3 rings (SSSR count). The highest BCUT2D eigenvalue weighted by Gasteiger charge is 2.09. The average molecular weight is 382 g/mol. The number of hydrogen-bond acceptors (Lipinski definition) is 3. The van der Waals surface area contributed by atoms with Crippen LogP contribution < -0.4 is 10.6 Å². The molecule has 0 aliphatic carbocycles. The van der Waals surface area contributed by atoms with E-state index in [2.05, 4.69) is 31.5 Å². The zero-order valence-corrected chi connectivity index (χ0v) is 14.7. The number of carbonyl (C=O) groups is 1. The van der Waals surface area contributed by atoms with Crippen LogP contribution in [-0.4, -0.2) is 10.9 Å². The van der Waals surface area contributed by atoms with Crippen molar-refractivity contribution in [2.45, 2.75) is 6.92 Å². The maximum Gasteiger partial charge on any atom is 0.257 e. The van der Waals surface area contributed by atoms with Crippen molar-refractivity contribution in [2.24, 2.45) is 0 Å². The van der Waals surface area contributed by atoms with E-state index in [4.69, 9.17) is 0 Å². The lowest BCUT2D eigenvalue weighted by atomic mass is 10.2. The number of carbonyl (C=O) groups excluding carboxylic acids is 1. The van der Waals surface area contributed by atoms with Crippen molar-refractivity contribution >= 4 is 38.9 Å². The lowest BCUT2D eigenvalue weighted by Gasteiger charge is -2.11. The van der Waals surface area contributed by atoms with Crippen molar-refractivity contribution in [1.29, 1.82) is 0 Å². The highest BCUT2D eigenvalue weighted by atomic mass is 79.9. The number of nitrogens with zero attached hydrogens (tertiary/aromatic N) is 1. The molecule has 1 heterocycles. The van der Waals surface area contributed by atoms with Gasteiger partial charge in [-0.05, 0) is 52.7 Å². The van der Waals surface area contributed by atoms with E-state index >= 15 is 0 Å². The third kappa shape index (κ3) is 3.81. The first kappa shape index (κ1) is 16.2. The number of rotatable bonds is 4. The van der Waals surface area contributed by atoms with E-state index in [0.29, 0.717) is 5.56 Å². The predicted molar refractivity (Wildman–Crippen MR) is 101 cm³/mol. The van der Waals surface area contributed by atoms with Gasteiger partial charge in [-0.15, -0.1) is 0 Å². The van der Waals surface area contributed by atoms with Crippen LogP contribution in [0.5, 0.6) is 0 Å². The van der Waals surface area contributed by atoms with Crippen LogP contribution in [-0.2, 0) is 0 Å². The van der Waals surface area contributed by atoms with Crippen molar-refractivity contribution < 1.29 is 4.79 Å². The molecular formula is C19H16BrN3O. The molecule has 2 aromatic carbocycles. The lowest BCUT2D eigenvalue weighted by Crippen LogP contribution is -2.13. The normalized spacial score (nSPS) is 10.2. The van der Waals surface area contributed by atoms with Crippen molar-refractivity contribution in [3.63, 3.8) is 0 Å². The first-order chi connectivity index (χ1) is 11.6. The van der Waals surface area contributed by atoms with E-state index in [0.717, 1.165) is 27.1 Å². The quantitative estimate of drug-likeness (QED) is 0.656. The molecule has 0 saturated carbocycles. The second kappa shape index (κ2) is 7.27. The Kier molecular flexibility index (Phi) is 4.91. The molecule has 0 atom stereocenters. The topological polar surface area (TPSA) is 54.0 Å². The first-order valence-electron chi connectivity index (χ1n) is 7.47. The number of anilines is 3. The molecule has 0 aliphatic heterocycles. The van der Waals surface area contributed by atoms with Gasteiger partial charge in [0.1, 0.15) is 0 Å². The van der Waals surface area contributed by atoms with Crippen LogP contribution in [0.4, 0.5) is 17.1 Å². The van der Waals surface area contributed by atoms with E-state index in [1.807, 2.05) is 55.5 Å². The summed E-state index contributed by atoms with van der Waals surface area (Å²) < 4.78 is 0.944. The zero-order valence-electron chi connectivity index (χ0n) is 13.1. The summed E-state index contributed by atoms with van der Waals surface area (Å²) in [6, 6.07) is 17.2. The molecule has 3 aromatic rings. The van der Waals surface area contributed by atoms with Gasteiger partial charge in [0.25, 0.3) is 5.91 Å². The minimum atomic E-state index is -0.187. The van der Waals surface area contributed by atoms with Crippen LogP contribution in [0, 0.1) is 6.92 Å². The fourth-order valence-electron chi connectivity index (χ4n) is 2.26. The fourth-order valence-corrected chi connectivity index (χ4v) is 2.64. The van der Waals surface area contributed by atoms with Crippen LogP contribution in [0.1, 0.15) is 15.9 Å². The molecule has 24 heavy (non-hydrogen) atoms. The van der Waals surface area contributed by atoms with Crippen molar-refractivity contribution in [3.8, 4) is 0 Å². The summed E-state index contributed by atoms with van der Waals surface area (Å²) in [7, 11) is 0. The minimum Gasteiger partial charge on any atom is -0.353 e. The van der Waals surface area contributed by atoms with Crippen LogP contribution >= 0.6 is 15.9 Å². The van der Waals surface area contributed by atoms with Gasteiger partial charge in [0, 0.05) is 16.4 Å². The van der Waals surface area contributed by atoms with Crippen molar-refractivity contribution in [3.05, 3.63) is 82.6 Å². The summed E-state index contributed by atoms with van der Waals surface area (Å²) in [5.41, 5.74) is 3.97. The van der Waals surface area contributed by atoms with E-state index in [1.54, 1.807) is 18.5 Å². The first-order valence-corrected chi connectivity index (χ1v) is 8.26. The van der Waals surface area contributed by atoms with E-state index in [1.165, 1.54) is 0 Å². The molecule has 1 aromatic heterocycles. The van der Waals surface area contributed by atoms with Crippen LogP contribution in [0.2, 0.25) is 0 Å². The minimum absolute atomic E-state index is 0.187. The summed E-state index contributed by atoms with van der Waals surface area (Å²) in [6.45, 7) is 1.96. The molecule has 1 amide bonds. The largest absolute Gasteiger partial charge is 0.353 e. The van der Waals surface area contributed by atoms with Gasteiger partial charge in [-0.25, -0.2) is 0 Å². The molecule has 0 fully saturated rings. The summed E-state index contributed by atoms with van der Waals surface area (Å²) in [6.07, 6.45) is 3.24. The number of benzene rings is 2. The molecule has 0 aliphatic rings. The van der Waals surface area contributed by atoms with Gasteiger partial charge in [-0.1, -0.05) is 30.3 Å². The number of pyridine rings is 1. The van der Waals surface area contributed by atoms with Gasteiger partial charge >= 0.3 is 0 Å². The summed E-state index contributed by atoms with van der Waals surface area (Å²) in [4.78, 5) is 16.6. The number of aryl methyl sites for hydroxylation is 1. The zero-order chi connectivity index (χ0) is 16.9. The average Bonchev–Trinajstić information content (AvgIpc) is 2.59. The van der Waals surface area contributed by atoms with Crippen LogP contribution in [0.3, 0.4) is 0 Å². The maximum absolute atomic E-state index is 12.4. The third-order valence-corrected chi connectivity index (χ3v) is 4.24. The number of amides is 1. The van der Waals surface area contributed by atoms with Crippen LogP contribution in [0.15, 0.2) is 71.5 Å². The van der Waals surface area contributed by atoms with Gasteiger partial charge in [-0.2, -0.15) is 0 Å². The van der Waals surface area contributed by atoms with Gasteiger partial charge in [0.05, 0.1) is 23.1 Å². The molecular weight excluding hydrogens is 366 g/mol. The Balaban J connectivity index is 1.79. The maximum atomic E-state index is 12.4. The Morgan fingerprint density at radius 2 is 1.71 bits per heavy atom. The van der Waals surface area contributed by atoms with E-state index in [9.17, 15) is 4.79 Å². The molecule has 4 nitrogen and oxygen atoms in total. The highest BCUT2D eigenvalue weighted by Crippen LogP contribution is 2.25. The van der Waals surface area contributed by atoms with Crippen molar-refractivity contribution in [2.75, 3.05) is 10.6 Å². The second-order valence-electron chi connectivity index (χ2n) is 5.34. The van der Waals surface area contributed by atoms with E-state index in [-0.39, 0.29) is 5.91 Å². The summed E-state index contributed by atoms with van der Waals surface area (Å²) >= 11 is 3.49. The number of aromatic nitrogens is 1. The predicted octanol–water partition coefficient (Wildman–Crippen LogP) is 5.15. The smallest absolute Gasteiger partial charge is 0.257 e. The summed E-state index contributed by atoms with van der Waals surface area (Å²) in [5, 5.41) is 6.17.